The SMILES string of the molecule is CCCCn1c(-c2ccc(F)cc2)nc2cc(N=[N+]=[N-])ccc21. The van der Waals surface area contributed by atoms with E-state index in [1.807, 2.05) is 6.07 Å². The van der Waals surface area contributed by atoms with Gasteiger partial charge in [-0.15, -0.1) is 0 Å². The third kappa shape index (κ3) is 3.03. The van der Waals surface area contributed by atoms with Crippen LogP contribution in [0.1, 0.15) is 19.8 Å². The predicted octanol–water partition coefficient (Wildman–Crippen LogP) is 5.58. The average Bonchev–Trinajstić information content (AvgIpc) is 2.91. The molecule has 116 valence electrons. The predicted molar refractivity (Wildman–Crippen MR) is 88.8 cm³/mol. The minimum atomic E-state index is -0.268. The lowest BCUT2D eigenvalue weighted by Crippen LogP contribution is -2.00. The molecule has 0 atom stereocenters. The first-order valence-electron chi connectivity index (χ1n) is 7.54. The standard InChI is InChI=1S/C17H16FN5/c1-2-3-10-23-16-9-8-14(21-22-19)11-15(16)20-17(23)12-4-6-13(18)7-5-12/h4-9,11H,2-3,10H2,1H3. The molecular weight excluding hydrogens is 293 g/mol. The summed E-state index contributed by atoms with van der Waals surface area (Å²) < 4.78 is 15.3. The van der Waals surface area contributed by atoms with Gasteiger partial charge in [0.2, 0.25) is 0 Å². The molecule has 0 spiro atoms. The molecule has 0 aliphatic heterocycles. The van der Waals surface area contributed by atoms with E-state index in [1.54, 1.807) is 24.3 Å². The molecule has 0 saturated carbocycles. The fourth-order valence-electron chi connectivity index (χ4n) is 2.59. The summed E-state index contributed by atoms with van der Waals surface area (Å²) in [4.78, 5) is 7.47. The van der Waals surface area contributed by atoms with E-state index in [0.717, 1.165) is 41.8 Å². The van der Waals surface area contributed by atoms with Crippen molar-refractivity contribution in [2.24, 2.45) is 5.11 Å². The lowest BCUT2D eigenvalue weighted by Gasteiger charge is -2.08. The van der Waals surface area contributed by atoms with Crippen molar-refractivity contribution >= 4 is 16.7 Å². The molecule has 0 radical (unpaired) electrons. The summed E-state index contributed by atoms with van der Waals surface area (Å²) in [5.74, 6) is 0.530. The number of benzene rings is 2. The van der Waals surface area contributed by atoms with Gasteiger partial charge in [-0.25, -0.2) is 9.37 Å². The Balaban J connectivity index is 2.17. The van der Waals surface area contributed by atoms with Gasteiger partial charge in [0.15, 0.2) is 0 Å². The second-order valence-electron chi connectivity index (χ2n) is 5.31. The second kappa shape index (κ2) is 6.50. The monoisotopic (exact) mass is 309 g/mol. The van der Waals surface area contributed by atoms with Gasteiger partial charge in [-0.2, -0.15) is 0 Å². The lowest BCUT2D eigenvalue weighted by atomic mass is 10.2. The molecule has 23 heavy (non-hydrogen) atoms. The molecule has 2 aromatic carbocycles. The highest BCUT2D eigenvalue weighted by atomic mass is 19.1. The molecule has 1 heterocycles. The third-order valence-corrected chi connectivity index (χ3v) is 3.73. The number of aromatic nitrogens is 2. The Morgan fingerprint density at radius 1 is 1.22 bits per heavy atom. The van der Waals surface area contributed by atoms with Crippen LogP contribution in [0.25, 0.3) is 32.9 Å². The number of halogens is 1. The van der Waals surface area contributed by atoms with Crippen molar-refractivity contribution in [1.29, 1.82) is 0 Å². The van der Waals surface area contributed by atoms with Crippen LogP contribution in [0.2, 0.25) is 0 Å². The van der Waals surface area contributed by atoms with Crippen molar-refractivity contribution in [3.05, 3.63) is 58.7 Å². The quantitative estimate of drug-likeness (QED) is 0.344. The van der Waals surface area contributed by atoms with E-state index in [9.17, 15) is 4.39 Å². The number of rotatable bonds is 5. The van der Waals surface area contributed by atoms with E-state index in [-0.39, 0.29) is 5.82 Å². The van der Waals surface area contributed by atoms with Gasteiger partial charge in [-0.1, -0.05) is 24.5 Å². The van der Waals surface area contributed by atoms with Crippen molar-refractivity contribution in [2.45, 2.75) is 26.3 Å². The topological polar surface area (TPSA) is 66.6 Å². The van der Waals surface area contributed by atoms with Crippen molar-refractivity contribution in [3.8, 4) is 11.4 Å². The molecule has 3 rings (SSSR count). The number of unbranched alkanes of at least 4 members (excludes halogenated alkanes) is 1. The van der Waals surface area contributed by atoms with Crippen LogP contribution in [-0.4, -0.2) is 9.55 Å². The smallest absolute Gasteiger partial charge is 0.141 e. The molecule has 3 aromatic rings. The average molecular weight is 309 g/mol. The van der Waals surface area contributed by atoms with Crippen LogP contribution in [0, 0.1) is 5.82 Å². The Hall–Kier alpha value is -2.85. The Morgan fingerprint density at radius 3 is 2.70 bits per heavy atom. The van der Waals surface area contributed by atoms with Crippen molar-refractivity contribution in [1.82, 2.24) is 9.55 Å². The van der Waals surface area contributed by atoms with E-state index in [1.165, 1.54) is 12.1 Å². The van der Waals surface area contributed by atoms with Crippen molar-refractivity contribution in [2.75, 3.05) is 0 Å². The zero-order chi connectivity index (χ0) is 16.2. The van der Waals surface area contributed by atoms with E-state index in [2.05, 4.69) is 26.5 Å². The molecular formula is C17H16FN5. The number of hydrogen-bond donors (Lipinski definition) is 0. The number of hydrogen-bond acceptors (Lipinski definition) is 2. The molecule has 0 aliphatic carbocycles. The van der Waals surface area contributed by atoms with Crippen LogP contribution < -0.4 is 0 Å². The zero-order valence-electron chi connectivity index (χ0n) is 12.8. The highest BCUT2D eigenvalue weighted by molar-refractivity contribution is 5.83. The second-order valence-corrected chi connectivity index (χ2v) is 5.31. The molecule has 0 fully saturated rings. The minimum Gasteiger partial charge on any atom is -0.324 e. The maximum absolute atomic E-state index is 13.2. The third-order valence-electron chi connectivity index (χ3n) is 3.73. The van der Waals surface area contributed by atoms with Crippen LogP contribution in [0.4, 0.5) is 10.1 Å². The summed E-state index contributed by atoms with van der Waals surface area (Å²) in [7, 11) is 0. The summed E-state index contributed by atoms with van der Waals surface area (Å²) >= 11 is 0. The lowest BCUT2D eigenvalue weighted by molar-refractivity contribution is 0.627. The largest absolute Gasteiger partial charge is 0.324 e. The van der Waals surface area contributed by atoms with Gasteiger partial charge < -0.3 is 4.57 Å². The highest BCUT2D eigenvalue weighted by Gasteiger charge is 2.12. The summed E-state index contributed by atoms with van der Waals surface area (Å²) in [6.45, 7) is 2.97. The van der Waals surface area contributed by atoms with E-state index >= 15 is 0 Å². The summed E-state index contributed by atoms with van der Waals surface area (Å²) in [6.07, 6.45) is 2.09. The molecule has 0 unspecified atom stereocenters. The summed E-state index contributed by atoms with van der Waals surface area (Å²) in [5.41, 5.74) is 11.7. The van der Waals surface area contributed by atoms with Gasteiger partial charge in [0.25, 0.3) is 0 Å². The number of nitrogens with zero attached hydrogens (tertiary/aromatic N) is 5. The van der Waals surface area contributed by atoms with E-state index < -0.39 is 0 Å². The first kappa shape index (κ1) is 15.1. The van der Waals surface area contributed by atoms with Gasteiger partial charge in [0, 0.05) is 22.7 Å². The summed E-state index contributed by atoms with van der Waals surface area (Å²) in [5, 5.41) is 3.62. The van der Waals surface area contributed by atoms with Crippen LogP contribution in [-0.2, 0) is 6.54 Å². The Kier molecular flexibility index (Phi) is 4.26. The first-order chi connectivity index (χ1) is 11.2. The number of imidazole rings is 1. The van der Waals surface area contributed by atoms with Crippen molar-refractivity contribution in [3.63, 3.8) is 0 Å². The molecule has 0 N–H and O–H groups in total. The Bertz CT molecular complexity index is 876. The van der Waals surface area contributed by atoms with Gasteiger partial charge in [-0.3, -0.25) is 0 Å². The molecule has 1 aromatic heterocycles. The first-order valence-corrected chi connectivity index (χ1v) is 7.54. The Morgan fingerprint density at radius 2 is 2.00 bits per heavy atom. The maximum Gasteiger partial charge on any atom is 0.141 e. The van der Waals surface area contributed by atoms with Gasteiger partial charge >= 0.3 is 0 Å². The molecule has 0 bridgehead atoms. The Labute approximate surface area is 133 Å². The van der Waals surface area contributed by atoms with E-state index in [4.69, 9.17) is 5.53 Å². The maximum atomic E-state index is 13.2. The van der Waals surface area contributed by atoms with Gasteiger partial charge in [-0.05, 0) is 48.4 Å². The normalized spacial score (nSPS) is 10.7. The van der Waals surface area contributed by atoms with E-state index in [0.29, 0.717) is 5.69 Å². The fraction of sp³-hybridized carbons (Fsp3) is 0.235. The van der Waals surface area contributed by atoms with Crippen LogP contribution in [0.3, 0.4) is 0 Å². The number of aryl methyl sites for hydroxylation is 1. The number of fused-ring (bicyclic) bond motifs is 1. The van der Waals surface area contributed by atoms with Crippen LogP contribution in [0.15, 0.2) is 47.6 Å². The highest BCUT2D eigenvalue weighted by Crippen LogP contribution is 2.28. The molecule has 0 amide bonds. The van der Waals surface area contributed by atoms with Crippen LogP contribution in [0.5, 0.6) is 0 Å². The fourth-order valence-corrected chi connectivity index (χ4v) is 2.59. The molecule has 5 nitrogen and oxygen atoms in total. The van der Waals surface area contributed by atoms with Gasteiger partial charge in [0.05, 0.1) is 11.0 Å². The van der Waals surface area contributed by atoms with Crippen LogP contribution >= 0.6 is 0 Å². The summed E-state index contributed by atoms with van der Waals surface area (Å²) in [6, 6.07) is 11.8. The number of azide groups is 1. The molecule has 6 heteroatoms. The van der Waals surface area contributed by atoms with Gasteiger partial charge in [0.1, 0.15) is 11.6 Å². The zero-order valence-corrected chi connectivity index (χ0v) is 12.8. The molecule has 0 saturated heterocycles. The minimum absolute atomic E-state index is 0.268. The van der Waals surface area contributed by atoms with Crippen molar-refractivity contribution < 1.29 is 4.39 Å². The molecule has 0 aliphatic rings.